The zero-order valence-electron chi connectivity index (χ0n) is 9.00. The van der Waals surface area contributed by atoms with Crippen molar-refractivity contribution in [1.29, 1.82) is 0 Å². The molecule has 88 valence electrons. The minimum absolute atomic E-state index is 0.379. The average molecular weight is 263 g/mol. The van der Waals surface area contributed by atoms with Gasteiger partial charge in [0.1, 0.15) is 0 Å². The summed E-state index contributed by atoms with van der Waals surface area (Å²) in [7, 11) is 1.28. The van der Waals surface area contributed by atoms with Crippen LogP contribution in [0.4, 0.5) is 0 Å². The van der Waals surface area contributed by atoms with Crippen molar-refractivity contribution < 1.29 is 14.6 Å². The van der Waals surface area contributed by atoms with Crippen molar-refractivity contribution in [3.05, 3.63) is 33.8 Å². The highest BCUT2D eigenvalue weighted by Crippen LogP contribution is 2.33. The third kappa shape index (κ3) is 2.88. The van der Waals surface area contributed by atoms with Gasteiger partial charge in [-0.25, -0.2) is 4.79 Å². The summed E-state index contributed by atoms with van der Waals surface area (Å²) in [6.45, 7) is 1.86. The van der Waals surface area contributed by atoms with E-state index in [-0.39, 0.29) is 0 Å². The highest BCUT2D eigenvalue weighted by molar-refractivity contribution is 6.42. The molecule has 0 amide bonds. The van der Waals surface area contributed by atoms with Crippen LogP contribution in [0.5, 0.6) is 0 Å². The lowest BCUT2D eigenvalue weighted by Crippen LogP contribution is -2.15. The SMILES string of the molecule is CCC(C(=O)OOC)c1cccc(Cl)c1Cl. The lowest BCUT2D eigenvalue weighted by molar-refractivity contribution is -0.256. The molecule has 0 fully saturated rings. The van der Waals surface area contributed by atoms with Crippen LogP contribution in [0, 0.1) is 0 Å². The summed E-state index contributed by atoms with van der Waals surface area (Å²) in [6, 6.07) is 5.16. The summed E-state index contributed by atoms with van der Waals surface area (Å²) in [5.41, 5.74) is 0.652. The Morgan fingerprint density at radius 3 is 2.69 bits per heavy atom. The molecule has 1 aromatic rings. The van der Waals surface area contributed by atoms with Crippen molar-refractivity contribution in [2.24, 2.45) is 0 Å². The van der Waals surface area contributed by atoms with E-state index in [2.05, 4.69) is 9.78 Å². The molecule has 0 aliphatic rings. The molecule has 1 aromatic carbocycles. The Labute approximate surface area is 104 Å². The maximum atomic E-state index is 11.6. The molecule has 0 saturated heterocycles. The predicted molar refractivity (Wildman–Crippen MR) is 62.6 cm³/mol. The Bertz CT molecular complexity index is 379. The number of hydrogen-bond acceptors (Lipinski definition) is 3. The fraction of sp³-hybridized carbons (Fsp3) is 0.364. The van der Waals surface area contributed by atoms with Crippen LogP contribution >= 0.6 is 23.2 Å². The summed E-state index contributed by atoms with van der Waals surface area (Å²) in [6.07, 6.45) is 0.558. The number of carbonyl (C=O) groups excluding carboxylic acids is 1. The van der Waals surface area contributed by atoms with E-state index in [1.165, 1.54) is 7.11 Å². The molecule has 1 atom stereocenters. The predicted octanol–water partition coefficient (Wildman–Crippen LogP) is 3.59. The van der Waals surface area contributed by atoms with Crippen molar-refractivity contribution in [2.75, 3.05) is 7.11 Å². The van der Waals surface area contributed by atoms with E-state index < -0.39 is 11.9 Å². The number of carbonyl (C=O) groups is 1. The van der Waals surface area contributed by atoms with Crippen LogP contribution in [0.3, 0.4) is 0 Å². The molecule has 0 aromatic heterocycles. The minimum Gasteiger partial charge on any atom is -0.298 e. The van der Waals surface area contributed by atoms with E-state index in [0.717, 1.165) is 0 Å². The van der Waals surface area contributed by atoms with Crippen LogP contribution < -0.4 is 0 Å². The Kier molecular flexibility index (Phi) is 5.06. The average Bonchev–Trinajstić information content (AvgIpc) is 2.25. The molecule has 5 heteroatoms. The standard InChI is InChI=1S/C11H12Cl2O3/c1-3-7(11(14)16-15-2)8-5-4-6-9(12)10(8)13/h4-7H,3H2,1-2H3. The number of hydrogen-bond donors (Lipinski definition) is 0. The number of halogens is 2. The van der Waals surface area contributed by atoms with Crippen LogP contribution in [0.1, 0.15) is 24.8 Å². The maximum absolute atomic E-state index is 11.6. The van der Waals surface area contributed by atoms with Gasteiger partial charge in [-0.3, -0.25) is 4.89 Å². The van der Waals surface area contributed by atoms with Gasteiger partial charge in [0.15, 0.2) is 0 Å². The van der Waals surface area contributed by atoms with E-state index in [1.54, 1.807) is 18.2 Å². The van der Waals surface area contributed by atoms with Crippen molar-refractivity contribution >= 4 is 29.2 Å². The van der Waals surface area contributed by atoms with Crippen LogP contribution in [0.25, 0.3) is 0 Å². The normalized spacial score (nSPS) is 12.2. The topological polar surface area (TPSA) is 35.5 Å². The third-order valence-corrected chi connectivity index (χ3v) is 3.05. The molecular formula is C11H12Cl2O3. The van der Waals surface area contributed by atoms with Crippen LogP contribution in [-0.4, -0.2) is 13.1 Å². The first-order chi connectivity index (χ1) is 7.61. The third-order valence-electron chi connectivity index (χ3n) is 2.22. The van der Waals surface area contributed by atoms with Gasteiger partial charge in [-0.2, -0.15) is 4.89 Å². The molecule has 0 aliphatic carbocycles. The summed E-state index contributed by atoms with van der Waals surface area (Å²) < 4.78 is 0. The second kappa shape index (κ2) is 6.09. The Morgan fingerprint density at radius 1 is 1.44 bits per heavy atom. The van der Waals surface area contributed by atoms with Gasteiger partial charge in [-0.05, 0) is 18.1 Å². The van der Waals surface area contributed by atoms with Crippen LogP contribution in [0.2, 0.25) is 10.0 Å². The fourth-order valence-electron chi connectivity index (χ4n) is 1.44. The van der Waals surface area contributed by atoms with E-state index in [0.29, 0.717) is 22.0 Å². The zero-order chi connectivity index (χ0) is 12.1. The largest absolute Gasteiger partial charge is 0.349 e. The Morgan fingerprint density at radius 2 is 2.12 bits per heavy atom. The number of benzene rings is 1. The number of rotatable bonds is 4. The van der Waals surface area contributed by atoms with Crippen molar-refractivity contribution in [1.82, 2.24) is 0 Å². The lowest BCUT2D eigenvalue weighted by atomic mass is 9.97. The molecule has 0 N–H and O–H groups in total. The Balaban J connectivity index is 3.04. The molecule has 0 aliphatic heterocycles. The van der Waals surface area contributed by atoms with Crippen LogP contribution in [-0.2, 0) is 14.6 Å². The lowest BCUT2D eigenvalue weighted by Gasteiger charge is -2.14. The molecule has 0 radical (unpaired) electrons. The van der Waals surface area contributed by atoms with Crippen molar-refractivity contribution in [2.45, 2.75) is 19.3 Å². The highest BCUT2D eigenvalue weighted by Gasteiger charge is 2.24. The van der Waals surface area contributed by atoms with Gasteiger partial charge in [-0.15, -0.1) is 0 Å². The first kappa shape index (κ1) is 13.3. The second-order valence-corrected chi connectivity index (χ2v) is 3.96. The quantitative estimate of drug-likeness (QED) is 0.615. The van der Waals surface area contributed by atoms with Gasteiger partial charge < -0.3 is 0 Å². The van der Waals surface area contributed by atoms with E-state index in [9.17, 15) is 4.79 Å². The van der Waals surface area contributed by atoms with Gasteiger partial charge in [0.25, 0.3) is 0 Å². The molecule has 0 bridgehead atoms. The molecule has 1 unspecified atom stereocenters. The van der Waals surface area contributed by atoms with Gasteiger partial charge in [-0.1, -0.05) is 42.3 Å². The van der Waals surface area contributed by atoms with Gasteiger partial charge in [0.05, 0.1) is 23.1 Å². The van der Waals surface area contributed by atoms with Crippen molar-refractivity contribution in [3.8, 4) is 0 Å². The maximum Gasteiger partial charge on any atom is 0.349 e. The zero-order valence-corrected chi connectivity index (χ0v) is 10.5. The second-order valence-electron chi connectivity index (χ2n) is 3.17. The Hall–Kier alpha value is -0.770. The van der Waals surface area contributed by atoms with Gasteiger partial charge in [0, 0.05) is 0 Å². The molecule has 1 rings (SSSR count). The first-order valence-electron chi connectivity index (χ1n) is 4.80. The van der Waals surface area contributed by atoms with Crippen LogP contribution in [0.15, 0.2) is 18.2 Å². The summed E-state index contributed by atoms with van der Waals surface area (Å²) in [4.78, 5) is 20.4. The van der Waals surface area contributed by atoms with Crippen molar-refractivity contribution in [3.63, 3.8) is 0 Å². The van der Waals surface area contributed by atoms with Gasteiger partial charge in [0.2, 0.25) is 0 Å². The summed E-state index contributed by atoms with van der Waals surface area (Å²) >= 11 is 11.9. The highest BCUT2D eigenvalue weighted by atomic mass is 35.5. The summed E-state index contributed by atoms with van der Waals surface area (Å²) in [5, 5.41) is 0.798. The summed E-state index contributed by atoms with van der Waals surface area (Å²) in [5.74, 6) is -0.944. The monoisotopic (exact) mass is 262 g/mol. The molecule has 0 heterocycles. The molecule has 0 spiro atoms. The van der Waals surface area contributed by atoms with E-state index in [1.807, 2.05) is 6.92 Å². The minimum atomic E-state index is -0.478. The molecular weight excluding hydrogens is 251 g/mol. The van der Waals surface area contributed by atoms with E-state index >= 15 is 0 Å². The van der Waals surface area contributed by atoms with Gasteiger partial charge >= 0.3 is 5.97 Å². The smallest absolute Gasteiger partial charge is 0.298 e. The molecule has 3 nitrogen and oxygen atoms in total. The molecule has 0 saturated carbocycles. The fourth-order valence-corrected chi connectivity index (χ4v) is 1.88. The molecule has 16 heavy (non-hydrogen) atoms. The van der Waals surface area contributed by atoms with E-state index in [4.69, 9.17) is 23.2 Å². The first-order valence-corrected chi connectivity index (χ1v) is 5.55.